The van der Waals surface area contributed by atoms with Crippen molar-refractivity contribution in [1.82, 2.24) is 10.4 Å². The number of pyridine rings is 1. The molecular weight excluding hydrogens is 142 g/mol. The maximum atomic E-state index is 10.8. The molecule has 0 aliphatic carbocycles. The molecular formula is C7H9N3O. The number of rotatable bonds is 0. The van der Waals surface area contributed by atoms with E-state index in [2.05, 4.69) is 10.4 Å². The molecule has 2 N–H and O–H groups in total. The van der Waals surface area contributed by atoms with E-state index in [0.717, 1.165) is 11.4 Å². The summed E-state index contributed by atoms with van der Waals surface area (Å²) in [5.41, 5.74) is 5.04. The van der Waals surface area contributed by atoms with Crippen LogP contribution in [0.3, 0.4) is 0 Å². The highest BCUT2D eigenvalue weighted by Gasteiger charge is 2.14. The van der Waals surface area contributed by atoms with Gasteiger partial charge in [-0.05, 0) is 6.07 Å². The SMILES string of the molecule is CN1NCc2[nH]c(=O)ccc21. The molecule has 0 unspecified atom stereocenters. The maximum absolute atomic E-state index is 10.8. The molecule has 1 aromatic rings. The number of aromatic nitrogens is 1. The van der Waals surface area contributed by atoms with Crippen molar-refractivity contribution >= 4 is 5.69 Å². The zero-order chi connectivity index (χ0) is 7.84. The van der Waals surface area contributed by atoms with Crippen molar-refractivity contribution in [1.29, 1.82) is 0 Å². The predicted molar refractivity (Wildman–Crippen MR) is 42.3 cm³/mol. The van der Waals surface area contributed by atoms with Gasteiger partial charge in [0.2, 0.25) is 5.56 Å². The summed E-state index contributed by atoms with van der Waals surface area (Å²) in [6, 6.07) is 3.34. The second kappa shape index (κ2) is 2.10. The van der Waals surface area contributed by atoms with Crippen molar-refractivity contribution in [2.75, 3.05) is 12.1 Å². The Morgan fingerprint density at radius 2 is 2.36 bits per heavy atom. The first-order valence-corrected chi connectivity index (χ1v) is 3.47. The molecule has 0 fully saturated rings. The number of hydrogen-bond donors (Lipinski definition) is 2. The lowest BCUT2D eigenvalue weighted by Gasteiger charge is -2.09. The molecule has 0 aromatic carbocycles. The van der Waals surface area contributed by atoms with Gasteiger partial charge >= 0.3 is 0 Å². The molecule has 0 saturated carbocycles. The van der Waals surface area contributed by atoms with E-state index in [9.17, 15) is 4.79 Å². The highest BCUT2D eigenvalue weighted by molar-refractivity contribution is 5.51. The molecule has 1 aliphatic heterocycles. The molecule has 1 aliphatic rings. The number of nitrogens with one attached hydrogen (secondary N) is 2. The van der Waals surface area contributed by atoms with E-state index in [4.69, 9.17) is 0 Å². The van der Waals surface area contributed by atoms with Gasteiger partial charge in [0, 0.05) is 13.1 Å². The van der Waals surface area contributed by atoms with Crippen LogP contribution in [0.15, 0.2) is 16.9 Å². The van der Waals surface area contributed by atoms with E-state index in [1.807, 2.05) is 18.1 Å². The van der Waals surface area contributed by atoms with Crippen LogP contribution in [0.2, 0.25) is 0 Å². The third kappa shape index (κ3) is 0.914. The van der Waals surface area contributed by atoms with Crippen LogP contribution >= 0.6 is 0 Å². The van der Waals surface area contributed by atoms with Gasteiger partial charge in [0.05, 0.1) is 17.9 Å². The number of aromatic amines is 1. The standard InChI is InChI=1S/C7H9N3O/c1-10-6-2-3-7(11)9-5(6)4-8-10/h2-3,8H,4H2,1H3,(H,9,11). The minimum Gasteiger partial charge on any atom is -0.323 e. The normalized spacial score (nSPS) is 15.2. The summed E-state index contributed by atoms with van der Waals surface area (Å²) in [4.78, 5) is 13.6. The van der Waals surface area contributed by atoms with E-state index in [1.54, 1.807) is 0 Å². The smallest absolute Gasteiger partial charge is 0.248 e. The van der Waals surface area contributed by atoms with Gasteiger partial charge in [-0.3, -0.25) is 4.79 Å². The van der Waals surface area contributed by atoms with Crippen molar-refractivity contribution in [3.63, 3.8) is 0 Å². The minimum atomic E-state index is -0.0409. The zero-order valence-corrected chi connectivity index (χ0v) is 6.22. The van der Waals surface area contributed by atoms with Crippen molar-refractivity contribution < 1.29 is 0 Å². The van der Waals surface area contributed by atoms with Gasteiger partial charge in [-0.15, -0.1) is 0 Å². The summed E-state index contributed by atoms with van der Waals surface area (Å²) in [6.45, 7) is 0.710. The summed E-state index contributed by atoms with van der Waals surface area (Å²) in [7, 11) is 1.92. The Morgan fingerprint density at radius 1 is 1.55 bits per heavy atom. The minimum absolute atomic E-state index is 0.0409. The van der Waals surface area contributed by atoms with E-state index in [0.29, 0.717) is 6.54 Å². The highest BCUT2D eigenvalue weighted by Crippen LogP contribution is 2.18. The average molecular weight is 151 g/mol. The largest absolute Gasteiger partial charge is 0.323 e. The number of nitrogens with zero attached hydrogens (tertiary/aromatic N) is 1. The van der Waals surface area contributed by atoms with E-state index >= 15 is 0 Å². The third-order valence-electron chi connectivity index (χ3n) is 1.83. The van der Waals surface area contributed by atoms with Crippen molar-refractivity contribution in [2.24, 2.45) is 0 Å². The van der Waals surface area contributed by atoms with Crippen LogP contribution in [-0.4, -0.2) is 12.0 Å². The Kier molecular flexibility index (Phi) is 1.22. The monoisotopic (exact) mass is 151 g/mol. The predicted octanol–water partition coefficient (Wildman–Crippen LogP) is -0.171. The lowest BCUT2D eigenvalue weighted by molar-refractivity contribution is 0.727. The molecule has 0 bridgehead atoms. The quantitative estimate of drug-likeness (QED) is 0.541. The van der Waals surface area contributed by atoms with Crippen LogP contribution in [0.1, 0.15) is 5.69 Å². The molecule has 1 aromatic heterocycles. The van der Waals surface area contributed by atoms with Gasteiger partial charge in [-0.2, -0.15) is 0 Å². The topological polar surface area (TPSA) is 48.1 Å². The molecule has 4 nitrogen and oxygen atoms in total. The number of fused-ring (bicyclic) bond motifs is 1. The number of hydrogen-bond acceptors (Lipinski definition) is 3. The van der Waals surface area contributed by atoms with Gasteiger partial charge < -0.3 is 9.99 Å². The Morgan fingerprint density at radius 3 is 3.18 bits per heavy atom. The van der Waals surface area contributed by atoms with Crippen molar-refractivity contribution in [2.45, 2.75) is 6.54 Å². The second-order valence-electron chi connectivity index (χ2n) is 2.58. The van der Waals surface area contributed by atoms with Crippen LogP contribution in [0.5, 0.6) is 0 Å². The Hall–Kier alpha value is -1.29. The Balaban J connectivity index is 2.59. The Labute approximate surface area is 63.8 Å². The molecule has 2 heterocycles. The second-order valence-corrected chi connectivity index (χ2v) is 2.58. The van der Waals surface area contributed by atoms with Gasteiger partial charge in [0.15, 0.2) is 0 Å². The molecule has 0 radical (unpaired) electrons. The van der Waals surface area contributed by atoms with Crippen molar-refractivity contribution in [3.8, 4) is 0 Å². The average Bonchev–Trinajstić information content (AvgIpc) is 2.32. The van der Waals surface area contributed by atoms with E-state index < -0.39 is 0 Å². The first kappa shape index (κ1) is 6.42. The fourth-order valence-corrected chi connectivity index (χ4v) is 1.24. The molecule has 0 saturated heterocycles. The summed E-state index contributed by atoms with van der Waals surface area (Å²) >= 11 is 0. The van der Waals surface area contributed by atoms with Gasteiger partial charge in [-0.1, -0.05) is 0 Å². The third-order valence-corrected chi connectivity index (χ3v) is 1.83. The lowest BCUT2D eigenvalue weighted by atomic mass is 10.3. The van der Waals surface area contributed by atoms with Gasteiger partial charge in [-0.25, -0.2) is 5.43 Å². The molecule has 0 spiro atoms. The molecule has 0 amide bonds. The maximum Gasteiger partial charge on any atom is 0.248 e. The van der Waals surface area contributed by atoms with Gasteiger partial charge in [0.25, 0.3) is 0 Å². The Bertz CT molecular complexity index is 331. The van der Waals surface area contributed by atoms with Gasteiger partial charge in [0.1, 0.15) is 0 Å². The lowest BCUT2D eigenvalue weighted by Crippen LogP contribution is -2.26. The van der Waals surface area contributed by atoms with Crippen LogP contribution in [0.4, 0.5) is 5.69 Å². The molecule has 4 heteroatoms. The summed E-state index contributed by atoms with van der Waals surface area (Å²) in [5, 5.41) is 1.89. The summed E-state index contributed by atoms with van der Waals surface area (Å²) in [6.07, 6.45) is 0. The summed E-state index contributed by atoms with van der Waals surface area (Å²) in [5.74, 6) is 0. The van der Waals surface area contributed by atoms with E-state index in [1.165, 1.54) is 6.07 Å². The molecule has 58 valence electrons. The first-order valence-electron chi connectivity index (χ1n) is 3.47. The summed E-state index contributed by atoms with van der Waals surface area (Å²) < 4.78 is 0. The molecule has 11 heavy (non-hydrogen) atoms. The fraction of sp³-hybridized carbons (Fsp3) is 0.286. The highest BCUT2D eigenvalue weighted by atomic mass is 16.1. The van der Waals surface area contributed by atoms with E-state index in [-0.39, 0.29) is 5.56 Å². The number of anilines is 1. The van der Waals surface area contributed by atoms with Crippen LogP contribution in [-0.2, 0) is 6.54 Å². The van der Waals surface area contributed by atoms with Crippen LogP contribution in [0.25, 0.3) is 0 Å². The van der Waals surface area contributed by atoms with Crippen molar-refractivity contribution in [3.05, 3.63) is 28.2 Å². The molecule has 0 atom stereocenters. The number of hydrazine groups is 1. The van der Waals surface area contributed by atoms with Crippen LogP contribution in [0, 0.1) is 0 Å². The fourth-order valence-electron chi connectivity index (χ4n) is 1.24. The molecule has 2 rings (SSSR count). The first-order chi connectivity index (χ1) is 5.27. The van der Waals surface area contributed by atoms with Crippen LogP contribution < -0.4 is 16.0 Å². The zero-order valence-electron chi connectivity index (χ0n) is 6.22. The number of H-pyrrole nitrogens is 1.